The Morgan fingerprint density at radius 3 is 2.63 bits per heavy atom. The summed E-state index contributed by atoms with van der Waals surface area (Å²) >= 11 is 0. The summed E-state index contributed by atoms with van der Waals surface area (Å²) in [7, 11) is 1.88. The van der Waals surface area contributed by atoms with Crippen molar-refractivity contribution >= 4 is 28.5 Å². The molecule has 0 spiro atoms. The quantitative estimate of drug-likeness (QED) is 0.725. The number of rotatable bonds is 5. The number of carbonyl (C=O) groups is 2. The van der Waals surface area contributed by atoms with E-state index in [9.17, 15) is 9.59 Å². The number of amides is 2. The molecule has 0 unspecified atom stereocenters. The Labute approximate surface area is 157 Å². The zero-order valence-corrected chi connectivity index (χ0v) is 16.0. The zero-order chi connectivity index (χ0) is 19.7. The molecule has 2 heterocycles. The fourth-order valence-electron chi connectivity index (χ4n) is 3.44. The Bertz CT molecular complexity index is 1050. The van der Waals surface area contributed by atoms with E-state index in [1.165, 1.54) is 0 Å². The van der Waals surface area contributed by atoms with Gasteiger partial charge in [0.15, 0.2) is 5.65 Å². The van der Waals surface area contributed by atoms with Crippen LogP contribution in [-0.2, 0) is 18.3 Å². The van der Waals surface area contributed by atoms with Gasteiger partial charge in [0.25, 0.3) is 0 Å². The van der Waals surface area contributed by atoms with Gasteiger partial charge in [-0.05, 0) is 56.5 Å². The third-order valence-corrected chi connectivity index (χ3v) is 4.76. The molecule has 0 bridgehead atoms. The third kappa shape index (κ3) is 3.67. The standard InChI is InChI=1S/C20H23N5O2/c1-11-16(12(2)22-20-18(11)13(3)24-25(20)4)8-9-17(26)23-15-7-5-6-14(10-15)19(21)27/h5-7,10H,8-9H2,1-4H3,(H2,21,27)(H,23,26). The Kier molecular flexibility index (Phi) is 4.94. The third-order valence-electron chi connectivity index (χ3n) is 4.76. The lowest BCUT2D eigenvalue weighted by Gasteiger charge is -2.11. The zero-order valence-electron chi connectivity index (χ0n) is 16.0. The number of anilines is 1. The number of hydrogen-bond acceptors (Lipinski definition) is 4. The van der Waals surface area contributed by atoms with E-state index in [-0.39, 0.29) is 5.91 Å². The summed E-state index contributed by atoms with van der Waals surface area (Å²) in [6.07, 6.45) is 0.894. The maximum Gasteiger partial charge on any atom is 0.248 e. The molecular weight excluding hydrogens is 342 g/mol. The van der Waals surface area contributed by atoms with Crippen molar-refractivity contribution in [1.82, 2.24) is 14.8 Å². The number of hydrogen-bond donors (Lipinski definition) is 2. The molecule has 0 aliphatic heterocycles. The molecule has 0 fully saturated rings. The Morgan fingerprint density at radius 1 is 1.19 bits per heavy atom. The maximum absolute atomic E-state index is 12.4. The second-order valence-electron chi connectivity index (χ2n) is 6.70. The van der Waals surface area contributed by atoms with Crippen LogP contribution in [0.1, 0.15) is 39.3 Å². The fourth-order valence-corrected chi connectivity index (χ4v) is 3.44. The topological polar surface area (TPSA) is 103 Å². The van der Waals surface area contributed by atoms with Crippen molar-refractivity contribution in [3.63, 3.8) is 0 Å². The smallest absolute Gasteiger partial charge is 0.248 e. The number of aryl methyl sites for hydroxylation is 4. The van der Waals surface area contributed by atoms with Crippen LogP contribution in [0, 0.1) is 20.8 Å². The van der Waals surface area contributed by atoms with E-state index in [1.807, 2.05) is 20.9 Å². The van der Waals surface area contributed by atoms with Gasteiger partial charge in [-0.1, -0.05) is 6.07 Å². The Balaban J connectivity index is 1.77. The van der Waals surface area contributed by atoms with E-state index in [0.29, 0.717) is 24.1 Å². The van der Waals surface area contributed by atoms with Crippen LogP contribution in [0.4, 0.5) is 5.69 Å². The Hall–Kier alpha value is -3.22. The Morgan fingerprint density at radius 2 is 1.93 bits per heavy atom. The molecule has 2 amide bonds. The first kappa shape index (κ1) is 18.6. The van der Waals surface area contributed by atoms with Gasteiger partial charge in [0.2, 0.25) is 11.8 Å². The van der Waals surface area contributed by atoms with Gasteiger partial charge in [0.1, 0.15) is 0 Å². The molecule has 2 aromatic heterocycles. The molecule has 0 saturated heterocycles. The fraction of sp³-hybridized carbons (Fsp3) is 0.300. The number of nitrogens with two attached hydrogens (primary N) is 1. The summed E-state index contributed by atoms with van der Waals surface area (Å²) in [5.41, 5.74) is 11.1. The van der Waals surface area contributed by atoms with Gasteiger partial charge in [0, 0.05) is 35.8 Å². The van der Waals surface area contributed by atoms with Crippen LogP contribution in [0.2, 0.25) is 0 Å². The van der Waals surface area contributed by atoms with Crippen LogP contribution in [-0.4, -0.2) is 26.6 Å². The monoisotopic (exact) mass is 365 g/mol. The highest BCUT2D eigenvalue weighted by Crippen LogP contribution is 2.26. The lowest BCUT2D eigenvalue weighted by molar-refractivity contribution is -0.116. The van der Waals surface area contributed by atoms with Gasteiger partial charge in [0.05, 0.1) is 5.69 Å². The van der Waals surface area contributed by atoms with Gasteiger partial charge in [-0.25, -0.2) is 4.98 Å². The van der Waals surface area contributed by atoms with Gasteiger partial charge < -0.3 is 11.1 Å². The van der Waals surface area contributed by atoms with Crippen LogP contribution in [0.3, 0.4) is 0 Å². The van der Waals surface area contributed by atoms with Crippen LogP contribution in [0.5, 0.6) is 0 Å². The number of primary amides is 1. The molecule has 3 aromatic rings. The van der Waals surface area contributed by atoms with Crippen LogP contribution < -0.4 is 11.1 Å². The molecule has 0 aliphatic rings. The van der Waals surface area contributed by atoms with Crippen molar-refractivity contribution in [2.24, 2.45) is 12.8 Å². The molecule has 0 radical (unpaired) electrons. The van der Waals surface area contributed by atoms with E-state index in [1.54, 1.807) is 28.9 Å². The van der Waals surface area contributed by atoms with Gasteiger partial charge in [-0.2, -0.15) is 5.10 Å². The summed E-state index contributed by atoms with van der Waals surface area (Å²) in [6, 6.07) is 6.60. The lowest BCUT2D eigenvalue weighted by atomic mass is 9.99. The second kappa shape index (κ2) is 7.19. The molecule has 1 aromatic carbocycles. The minimum absolute atomic E-state index is 0.126. The van der Waals surface area contributed by atoms with Crippen molar-refractivity contribution in [2.75, 3.05) is 5.32 Å². The van der Waals surface area contributed by atoms with E-state index >= 15 is 0 Å². The van der Waals surface area contributed by atoms with Crippen LogP contribution in [0.15, 0.2) is 24.3 Å². The highest BCUT2D eigenvalue weighted by Gasteiger charge is 2.16. The van der Waals surface area contributed by atoms with Gasteiger partial charge in [-0.15, -0.1) is 0 Å². The summed E-state index contributed by atoms with van der Waals surface area (Å²) in [4.78, 5) is 28.3. The highest BCUT2D eigenvalue weighted by atomic mass is 16.2. The average molecular weight is 365 g/mol. The number of nitrogens with zero attached hydrogens (tertiary/aromatic N) is 3. The molecule has 7 nitrogen and oxygen atoms in total. The molecule has 27 heavy (non-hydrogen) atoms. The number of pyridine rings is 1. The first-order chi connectivity index (χ1) is 12.8. The van der Waals surface area contributed by atoms with Crippen molar-refractivity contribution in [3.05, 3.63) is 52.3 Å². The molecule has 3 N–H and O–H groups in total. The summed E-state index contributed by atoms with van der Waals surface area (Å²) in [5, 5.41) is 8.31. The van der Waals surface area contributed by atoms with E-state index in [4.69, 9.17) is 5.73 Å². The van der Waals surface area contributed by atoms with E-state index < -0.39 is 5.91 Å². The van der Waals surface area contributed by atoms with Crippen LogP contribution >= 0.6 is 0 Å². The number of aromatic nitrogens is 3. The predicted molar refractivity (Wildman–Crippen MR) is 105 cm³/mol. The van der Waals surface area contributed by atoms with E-state index in [2.05, 4.69) is 22.3 Å². The molecule has 140 valence electrons. The lowest BCUT2D eigenvalue weighted by Crippen LogP contribution is -2.15. The molecule has 3 rings (SSSR count). The number of carbonyl (C=O) groups excluding carboxylic acids is 2. The largest absolute Gasteiger partial charge is 0.366 e. The van der Waals surface area contributed by atoms with Crippen molar-refractivity contribution in [2.45, 2.75) is 33.6 Å². The van der Waals surface area contributed by atoms with Gasteiger partial charge in [-0.3, -0.25) is 14.3 Å². The second-order valence-corrected chi connectivity index (χ2v) is 6.70. The highest BCUT2D eigenvalue weighted by molar-refractivity contribution is 5.96. The summed E-state index contributed by atoms with van der Waals surface area (Å²) < 4.78 is 1.78. The first-order valence-electron chi connectivity index (χ1n) is 8.77. The van der Waals surface area contributed by atoms with Crippen molar-refractivity contribution in [3.8, 4) is 0 Å². The molecule has 7 heteroatoms. The van der Waals surface area contributed by atoms with E-state index in [0.717, 1.165) is 33.5 Å². The predicted octanol–water partition coefficient (Wildman–Crippen LogP) is 2.56. The molecular formula is C20H23N5O2. The minimum atomic E-state index is -0.524. The number of benzene rings is 1. The van der Waals surface area contributed by atoms with Gasteiger partial charge >= 0.3 is 0 Å². The number of nitrogens with one attached hydrogen (secondary N) is 1. The minimum Gasteiger partial charge on any atom is -0.366 e. The maximum atomic E-state index is 12.4. The van der Waals surface area contributed by atoms with Crippen LogP contribution in [0.25, 0.3) is 11.0 Å². The normalized spacial score (nSPS) is 11.0. The molecule has 0 aliphatic carbocycles. The average Bonchev–Trinajstić information content (AvgIpc) is 2.88. The SMILES string of the molecule is Cc1nc2c(c(C)nn2C)c(C)c1CCC(=O)Nc1cccc(C(N)=O)c1. The van der Waals surface area contributed by atoms with Crippen molar-refractivity contribution < 1.29 is 9.59 Å². The van der Waals surface area contributed by atoms with Crippen molar-refractivity contribution in [1.29, 1.82) is 0 Å². The summed E-state index contributed by atoms with van der Waals surface area (Å²) in [6.45, 7) is 5.97. The first-order valence-corrected chi connectivity index (χ1v) is 8.77. The molecule has 0 atom stereocenters. The number of fused-ring (bicyclic) bond motifs is 1. The molecule has 0 saturated carbocycles. The summed E-state index contributed by atoms with van der Waals surface area (Å²) in [5.74, 6) is -0.651.